The van der Waals surface area contributed by atoms with E-state index in [1.807, 2.05) is 13.8 Å². The lowest BCUT2D eigenvalue weighted by atomic mass is 10.1. The van der Waals surface area contributed by atoms with Crippen molar-refractivity contribution in [1.82, 2.24) is 0 Å². The Morgan fingerprint density at radius 2 is 1.77 bits per heavy atom. The maximum absolute atomic E-state index is 10.4. The summed E-state index contributed by atoms with van der Waals surface area (Å²) in [5.41, 5.74) is 0.866. The highest BCUT2D eigenvalue weighted by Gasteiger charge is 2.05. The zero-order chi connectivity index (χ0) is 10.0. The van der Waals surface area contributed by atoms with E-state index >= 15 is 0 Å². The van der Waals surface area contributed by atoms with Crippen molar-refractivity contribution in [1.29, 1.82) is 0 Å². The third kappa shape index (κ3) is 2.61. The summed E-state index contributed by atoms with van der Waals surface area (Å²) in [6, 6.07) is 3.32. The minimum Gasteiger partial charge on any atom is -0.414 e. The largest absolute Gasteiger partial charge is 0.414 e. The first-order valence-electron chi connectivity index (χ1n) is 3.65. The first-order valence-corrected chi connectivity index (χ1v) is 4.40. The summed E-state index contributed by atoms with van der Waals surface area (Å²) in [5, 5.41) is 0.675. The van der Waals surface area contributed by atoms with Gasteiger partial charge in [0.05, 0.1) is 0 Å². The van der Waals surface area contributed by atoms with E-state index in [2.05, 4.69) is 0 Å². The lowest BCUT2D eigenvalue weighted by Crippen LogP contribution is -1.97. The second-order valence-electron chi connectivity index (χ2n) is 2.71. The van der Waals surface area contributed by atoms with Crippen LogP contribution in [0.5, 0.6) is 5.75 Å². The van der Waals surface area contributed by atoms with E-state index in [0.29, 0.717) is 10.8 Å². The fourth-order valence-corrected chi connectivity index (χ4v) is 1.26. The van der Waals surface area contributed by atoms with Gasteiger partial charge in [-0.1, -0.05) is 11.6 Å². The third-order valence-corrected chi connectivity index (χ3v) is 2.28. The molecule has 2 nitrogen and oxygen atoms in total. The SMILES string of the molecule is Cc1cc(OC(=O)Cl)cc(C)c1Cl. The van der Waals surface area contributed by atoms with Crippen LogP contribution in [0.2, 0.25) is 5.02 Å². The Hall–Kier alpha value is -0.730. The van der Waals surface area contributed by atoms with Crippen LogP contribution in [0.4, 0.5) is 4.79 Å². The first-order chi connectivity index (χ1) is 6.00. The van der Waals surface area contributed by atoms with Gasteiger partial charge in [-0.3, -0.25) is 0 Å². The molecule has 0 atom stereocenters. The fraction of sp³-hybridized carbons (Fsp3) is 0.222. The van der Waals surface area contributed by atoms with Gasteiger partial charge in [0.25, 0.3) is 0 Å². The number of rotatable bonds is 1. The topological polar surface area (TPSA) is 26.3 Å². The van der Waals surface area contributed by atoms with Gasteiger partial charge in [-0.15, -0.1) is 0 Å². The number of hydrogen-bond acceptors (Lipinski definition) is 2. The van der Waals surface area contributed by atoms with Crippen LogP contribution in [0.3, 0.4) is 0 Å². The van der Waals surface area contributed by atoms with E-state index in [1.54, 1.807) is 12.1 Å². The van der Waals surface area contributed by atoms with E-state index in [9.17, 15) is 4.79 Å². The summed E-state index contributed by atoms with van der Waals surface area (Å²) in [6.45, 7) is 3.67. The van der Waals surface area contributed by atoms with Gasteiger partial charge in [0.15, 0.2) is 0 Å². The van der Waals surface area contributed by atoms with Gasteiger partial charge in [0, 0.05) is 16.6 Å². The van der Waals surface area contributed by atoms with Crippen molar-refractivity contribution in [2.24, 2.45) is 0 Å². The smallest absolute Gasteiger partial charge is 0.409 e. The molecule has 13 heavy (non-hydrogen) atoms. The molecule has 0 saturated carbocycles. The van der Waals surface area contributed by atoms with Crippen molar-refractivity contribution in [3.05, 3.63) is 28.3 Å². The first kappa shape index (κ1) is 10.4. The predicted octanol–water partition coefficient (Wildman–Crippen LogP) is 3.69. The van der Waals surface area contributed by atoms with Crippen molar-refractivity contribution in [3.8, 4) is 5.75 Å². The number of carbonyl (C=O) groups is 1. The molecule has 0 N–H and O–H groups in total. The molecule has 1 rings (SSSR count). The third-order valence-electron chi connectivity index (χ3n) is 1.61. The molecule has 1 aromatic carbocycles. The molecule has 0 unspecified atom stereocenters. The van der Waals surface area contributed by atoms with E-state index < -0.39 is 5.43 Å². The standard InChI is InChI=1S/C9H8Cl2O2/c1-5-3-7(13-9(11)12)4-6(2)8(5)10/h3-4H,1-2H3. The van der Waals surface area contributed by atoms with Gasteiger partial charge in [0.1, 0.15) is 5.75 Å². The van der Waals surface area contributed by atoms with E-state index in [1.165, 1.54) is 0 Å². The molecule has 0 aliphatic heterocycles. The molecule has 0 fully saturated rings. The van der Waals surface area contributed by atoms with Gasteiger partial charge in [-0.05, 0) is 37.1 Å². The van der Waals surface area contributed by atoms with Crippen molar-refractivity contribution < 1.29 is 9.53 Å². The summed E-state index contributed by atoms with van der Waals surface area (Å²) in [7, 11) is 0. The molecule has 0 heterocycles. The van der Waals surface area contributed by atoms with Gasteiger partial charge in [0.2, 0.25) is 0 Å². The molecule has 0 aliphatic carbocycles. The number of carbonyl (C=O) groups excluding carboxylic acids is 1. The van der Waals surface area contributed by atoms with Crippen molar-refractivity contribution in [2.75, 3.05) is 0 Å². The molecule has 0 saturated heterocycles. The van der Waals surface area contributed by atoms with Crippen LogP contribution in [0.1, 0.15) is 11.1 Å². The predicted molar refractivity (Wildman–Crippen MR) is 52.8 cm³/mol. The highest BCUT2D eigenvalue weighted by Crippen LogP contribution is 2.26. The van der Waals surface area contributed by atoms with Crippen LogP contribution in [-0.4, -0.2) is 5.43 Å². The maximum atomic E-state index is 10.4. The lowest BCUT2D eigenvalue weighted by molar-refractivity contribution is 0.225. The van der Waals surface area contributed by atoms with E-state index in [-0.39, 0.29) is 0 Å². The molecule has 0 bridgehead atoms. The average molecular weight is 219 g/mol. The Kier molecular flexibility index (Phi) is 3.17. The summed E-state index contributed by atoms with van der Waals surface area (Å²) >= 11 is 11.0. The highest BCUT2D eigenvalue weighted by molar-refractivity contribution is 6.61. The molecule has 0 amide bonds. The number of halogens is 2. The second kappa shape index (κ2) is 3.99. The molecule has 0 aromatic heterocycles. The minimum atomic E-state index is -0.846. The Balaban J connectivity index is 3.06. The van der Waals surface area contributed by atoms with E-state index in [0.717, 1.165) is 11.1 Å². The summed E-state index contributed by atoms with van der Waals surface area (Å²) in [5.74, 6) is 0.416. The Bertz CT molecular complexity index is 324. The van der Waals surface area contributed by atoms with Crippen LogP contribution >= 0.6 is 23.2 Å². The van der Waals surface area contributed by atoms with Gasteiger partial charge in [-0.2, -0.15) is 0 Å². The van der Waals surface area contributed by atoms with Crippen molar-refractivity contribution >= 4 is 28.6 Å². The van der Waals surface area contributed by atoms with Crippen LogP contribution in [0.25, 0.3) is 0 Å². The Labute approximate surface area is 86.4 Å². The van der Waals surface area contributed by atoms with Gasteiger partial charge >= 0.3 is 5.43 Å². The number of ether oxygens (including phenoxy) is 1. The Morgan fingerprint density at radius 3 is 2.15 bits per heavy atom. The zero-order valence-corrected chi connectivity index (χ0v) is 8.74. The van der Waals surface area contributed by atoms with Gasteiger partial charge < -0.3 is 4.74 Å². The minimum absolute atomic E-state index is 0.416. The summed E-state index contributed by atoms with van der Waals surface area (Å²) in [4.78, 5) is 10.4. The highest BCUT2D eigenvalue weighted by atomic mass is 35.5. The van der Waals surface area contributed by atoms with E-state index in [4.69, 9.17) is 27.9 Å². The summed E-state index contributed by atoms with van der Waals surface area (Å²) in [6.07, 6.45) is 0. The molecule has 0 radical (unpaired) electrons. The Morgan fingerprint density at radius 1 is 1.31 bits per heavy atom. The monoisotopic (exact) mass is 218 g/mol. The quantitative estimate of drug-likeness (QED) is 0.673. The average Bonchev–Trinajstić information content (AvgIpc) is 1.98. The van der Waals surface area contributed by atoms with Crippen LogP contribution in [0, 0.1) is 13.8 Å². The van der Waals surface area contributed by atoms with Crippen molar-refractivity contribution in [3.63, 3.8) is 0 Å². The zero-order valence-electron chi connectivity index (χ0n) is 7.23. The lowest BCUT2D eigenvalue weighted by Gasteiger charge is -2.05. The number of benzene rings is 1. The molecular weight excluding hydrogens is 211 g/mol. The van der Waals surface area contributed by atoms with Crippen molar-refractivity contribution in [2.45, 2.75) is 13.8 Å². The molecule has 1 aromatic rings. The molecule has 70 valence electrons. The maximum Gasteiger partial charge on any atom is 0.409 e. The molecule has 0 aliphatic rings. The number of aryl methyl sites for hydroxylation is 2. The molecule has 4 heteroatoms. The molecule has 0 spiro atoms. The fourth-order valence-electron chi connectivity index (χ4n) is 1.06. The van der Waals surface area contributed by atoms with Crippen LogP contribution < -0.4 is 4.74 Å². The number of hydrogen-bond donors (Lipinski definition) is 0. The van der Waals surface area contributed by atoms with Crippen LogP contribution in [-0.2, 0) is 0 Å². The second-order valence-corrected chi connectivity index (χ2v) is 3.40. The van der Waals surface area contributed by atoms with Gasteiger partial charge in [-0.25, -0.2) is 4.79 Å². The normalized spacial score (nSPS) is 9.85. The molecular formula is C9H8Cl2O2. The van der Waals surface area contributed by atoms with Crippen LogP contribution in [0.15, 0.2) is 12.1 Å². The summed E-state index contributed by atoms with van der Waals surface area (Å²) < 4.78 is 4.70.